The zero-order valence-electron chi connectivity index (χ0n) is 15.5. The Morgan fingerprint density at radius 3 is 2.46 bits per heavy atom. The molecule has 0 bridgehead atoms. The molecule has 0 fully saturated rings. The van der Waals surface area contributed by atoms with E-state index < -0.39 is 6.55 Å². The van der Waals surface area contributed by atoms with Crippen LogP contribution in [0.1, 0.15) is 35.9 Å². The molecule has 2 heterocycles. The van der Waals surface area contributed by atoms with Crippen molar-refractivity contribution in [1.82, 2.24) is 24.3 Å². The molecule has 2 aromatic heterocycles. The number of hydrogen-bond donors (Lipinski definition) is 0. The zero-order valence-corrected chi connectivity index (χ0v) is 16.3. The molecular weight excluding hydrogens is 380 g/mol. The number of para-hydroxylation sites is 2. The molecule has 2 aromatic carbocycles. The molecule has 0 aliphatic heterocycles. The van der Waals surface area contributed by atoms with E-state index in [9.17, 15) is 8.78 Å². The fraction of sp³-hybridized carbons (Fsp3) is 0.250. The lowest BCUT2D eigenvalue weighted by molar-refractivity contribution is 0.0715. The van der Waals surface area contributed by atoms with Crippen LogP contribution < -0.4 is 0 Å². The summed E-state index contributed by atoms with van der Waals surface area (Å²) >= 11 is 1.38. The van der Waals surface area contributed by atoms with Crippen LogP contribution in [-0.4, -0.2) is 24.3 Å². The molecule has 0 saturated carbocycles. The first-order chi connectivity index (χ1) is 13.5. The van der Waals surface area contributed by atoms with Crippen LogP contribution in [0.25, 0.3) is 11.0 Å². The number of rotatable bonds is 6. The first-order valence-corrected chi connectivity index (χ1v) is 9.78. The van der Waals surface area contributed by atoms with Gasteiger partial charge in [0.15, 0.2) is 5.16 Å². The van der Waals surface area contributed by atoms with Crippen molar-refractivity contribution < 1.29 is 8.78 Å². The van der Waals surface area contributed by atoms with Gasteiger partial charge in [-0.15, -0.1) is 10.2 Å². The molecule has 0 N–H and O–H groups in total. The monoisotopic (exact) mass is 399 g/mol. The van der Waals surface area contributed by atoms with Crippen LogP contribution in [0.3, 0.4) is 0 Å². The maximum Gasteiger partial charge on any atom is 0.320 e. The molecule has 0 aliphatic carbocycles. The Labute approximate surface area is 165 Å². The van der Waals surface area contributed by atoms with Gasteiger partial charge in [-0.3, -0.25) is 4.57 Å². The van der Waals surface area contributed by atoms with Crippen molar-refractivity contribution in [1.29, 1.82) is 0 Å². The van der Waals surface area contributed by atoms with Gasteiger partial charge in [0.1, 0.15) is 11.6 Å². The van der Waals surface area contributed by atoms with Crippen LogP contribution in [0, 0.1) is 6.92 Å². The second-order valence-electron chi connectivity index (χ2n) is 6.47. The van der Waals surface area contributed by atoms with Crippen LogP contribution in [0.4, 0.5) is 8.78 Å². The number of nitrogens with zero attached hydrogens (tertiary/aromatic N) is 5. The molecule has 8 heteroatoms. The Balaban J connectivity index is 1.66. The van der Waals surface area contributed by atoms with E-state index in [1.165, 1.54) is 11.8 Å². The number of hydrogen-bond acceptors (Lipinski definition) is 4. The van der Waals surface area contributed by atoms with Gasteiger partial charge in [0, 0.05) is 0 Å². The van der Waals surface area contributed by atoms with E-state index in [0.717, 1.165) is 16.0 Å². The summed E-state index contributed by atoms with van der Waals surface area (Å²) in [5.41, 5.74) is 2.12. The van der Waals surface area contributed by atoms with Gasteiger partial charge in [-0.05, 0) is 31.5 Å². The minimum atomic E-state index is -2.66. The van der Waals surface area contributed by atoms with Crippen LogP contribution >= 0.6 is 11.8 Å². The van der Waals surface area contributed by atoms with Crippen molar-refractivity contribution in [3.05, 3.63) is 71.8 Å². The quantitative estimate of drug-likeness (QED) is 0.417. The lowest BCUT2D eigenvalue weighted by Gasteiger charge is -2.14. The number of aryl methyl sites for hydroxylation is 1. The smallest absolute Gasteiger partial charge is 0.302 e. The molecule has 1 atom stereocenters. The van der Waals surface area contributed by atoms with Gasteiger partial charge in [0.05, 0.1) is 22.8 Å². The molecule has 4 aromatic rings. The molecule has 0 amide bonds. The summed E-state index contributed by atoms with van der Waals surface area (Å²) in [4.78, 5) is 4.46. The SMILES string of the molecule is Cc1nnc(SC(C)c2nc3ccccc3n2C(F)F)n1Cc1ccccc1. The number of aromatic nitrogens is 5. The Hall–Kier alpha value is -2.74. The number of thioether (sulfide) groups is 1. The van der Waals surface area contributed by atoms with Crippen LogP contribution in [-0.2, 0) is 6.54 Å². The minimum absolute atomic E-state index is 0.320. The minimum Gasteiger partial charge on any atom is -0.302 e. The molecule has 1 unspecified atom stereocenters. The Morgan fingerprint density at radius 2 is 1.71 bits per heavy atom. The summed E-state index contributed by atoms with van der Waals surface area (Å²) in [5, 5.41) is 8.80. The number of imidazole rings is 1. The third kappa shape index (κ3) is 3.52. The highest BCUT2D eigenvalue weighted by atomic mass is 32.2. The first kappa shape index (κ1) is 18.6. The lowest BCUT2D eigenvalue weighted by Crippen LogP contribution is -2.08. The van der Waals surface area contributed by atoms with Gasteiger partial charge in [-0.25, -0.2) is 4.98 Å². The number of halogens is 2. The van der Waals surface area contributed by atoms with Gasteiger partial charge in [-0.1, -0.05) is 54.2 Å². The third-order valence-corrected chi connectivity index (χ3v) is 5.63. The first-order valence-electron chi connectivity index (χ1n) is 8.90. The number of benzene rings is 2. The number of alkyl halides is 2. The molecule has 0 aliphatic rings. The summed E-state index contributed by atoms with van der Waals surface area (Å²) in [6.45, 7) is 1.72. The Kier molecular flexibility index (Phi) is 5.13. The number of fused-ring (bicyclic) bond motifs is 1. The van der Waals surface area contributed by atoms with E-state index >= 15 is 0 Å². The Bertz CT molecular complexity index is 1090. The van der Waals surface area contributed by atoms with Gasteiger partial charge in [0.2, 0.25) is 0 Å². The third-order valence-electron chi connectivity index (χ3n) is 4.55. The lowest BCUT2D eigenvalue weighted by atomic mass is 10.2. The maximum absolute atomic E-state index is 13.7. The second-order valence-corrected chi connectivity index (χ2v) is 7.78. The van der Waals surface area contributed by atoms with Gasteiger partial charge in [0.25, 0.3) is 0 Å². The standard InChI is InChI=1S/C20H19F2N5S/c1-13(18-23-16-10-6-7-11-17(16)27(18)19(21)22)28-20-25-24-14(2)26(20)12-15-8-4-3-5-9-15/h3-11,13,19H,12H2,1-2H3. The van der Waals surface area contributed by atoms with E-state index in [0.29, 0.717) is 28.6 Å². The summed E-state index contributed by atoms with van der Waals surface area (Å²) in [6.07, 6.45) is 0. The van der Waals surface area contributed by atoms with Crippen molar-refractivity contribution in [2.45, 2.75) is 37.3 Å². The fourth-order valence-electron chi connectivity index (χ4n) is 3.16. The highest BCUT2D eigenvalue weighted by molar-refractivity contribution is 7.99. The van der Waals surface area contributed by atoms with Gasteiger partial charge < -0.3 is 4.57 Å². The molecule has 5 nitrogen and oxygen atoms in total. The van der Waals surface area contributed by atoms with Gasteiger partial charge in [-0.2, -0.15) is 8.78 Å². The molecule has 0 radical (unpaired) electrons. The van der Waals surface area contributed by atoms with E-state index in [2.05, 4.69) is 15.2 Å². The fourth-order valence-corrected chi connectivity index (χ4v) is 4.16. The van der Waals surface area contributed by atoms with Crippen molar-refractivity contribution in [2.75, 3.05) is 0 Å². The molecular formula is C20H19F2N5S. The Morgan fingerprint density at radius 1 is 1.00 bits per heavy atom. The summed E-state index contributed by atoms with van der Waals surface area (Å²) in [5.74, 6) is 1.11. The van der Waals surface area contributed by atoms with Crippen molar-refractivity contribution in [3.8, 4) is 0 Å². The van der Waals surface area contributed by atoms with E-state index in [1.807, 2.05) is 48.7 Å². The predicted molar refractivity (Wildman–Crippen MR) is 106 cm³/mol. The van der Waals surface area contributed by atoms with Gasteiger partial charge >= 0.3 is 6.55 Å². The van der Waals surface area contributed by atoms with Crippen LogP contribution in [0.5, 0.6) is 0 Å². The summed E-state index contributed by atoms with van der Waals surface area (Å²) < 4.78 is 30.5. The van der Waals surface area contributed by atoms with Crippen molar-refractivity contribution in [3.63, 3.8) is 0 Å². The summed E-state index contributed by atoms with van der Waals surface area (Å²) in [7, 11) is 0. The van der Waals surface area contributed by atoms with Crippen molar-refractivity contribution >= 4 is 22.8 Å². The maximum atomic E-state index is 13.7. The van der Waals surface area contributed by atoms with Crippen LogP contribution in [0.15, 0.2) is 59.8 Å². The molecule has 144 valence electrons. The molecule has 0 saturated heterocycles. The average molecular weight is 399 g/mol. The highest BCUT2D eigenvalue weighted by Gasteiger charge is 2.24. The predicted octanol–water partition coefficient (Wildman–Crippen LogP) is 5.23. The van der Waals surface area contributed by atoms with E-state index in [-0.39, 0.29) is 5.25 Å². The largest absolute Gasteiger partial charge is 0.320 e. The zero-order chi connectivity index (χ0) is 19.7. The molecule has 0 spiro atoms. The molecule has 4 rings (SSSR count). The second kappa shape index (κ2) is 7.71. The van der Waals surface area contributed by atoms with Crippen LogP contribution in [0.2, 0.25) is 0 Å². The van der Waals surface area contributed by atoms with E-state index in [4.69, 9.17) is 0 Å². The average Bonchev–Trinajstić information content (AvgIpc) is 3.24. The topological polar surface area (TPSA) is 48.5 Å². The van der Waals surface area contributed by atoms with Crippen molar-refractivity contribution in [2.24, 2.45) is 0 Å². The van der Waals surface area contributed by atoms with E-state index in [1.54, 1.807) is 24.3 Å². The highest BCUT2D eigenvalue weighted by Crippen LogP contribution is 2.37. The summed E-state index contributed by atoms with van der Waals surface area (Å²) in [6, 6.07) is 17.0. The molecule has 28 heavy (non-hydrogen) atoms. The normalized spacial score (nSPS) is 12.8.